The molecule has 3 heteroatoms. The van der Waals surface area contributed by atoms with Crippen LogP contribution in [0.4, 0.5) is 5.69 Å². The van der Waals surface area contributed by atoms with Crippen molar-refractivity contribution in [2.75, 3.05) is 5.32 Å². The van der Waals surface area contributed by atoms with Gasteiger partial charge in [0.15, 0.2) is 5.78 Å². The van der Waals surface area contributed by atoms with E-state index in [4.69, 9.17) is 0 Å². The lowest BCUT2D eigenvalue weighted by molar-refractivity contribution is -0.121. The summed E-state index contributed by atoms with van der Waals surface area (Å²) in [5.74, 6) is 1.30. The van der Waals surface area contributed by atoms with Crippen molar-refractivity contribution >= 4 is 17.4 Å². The Bertz CT molecular complexity index is 985. The highest BCUT2D eigenvalue weighted by Gasteiger charge is 2.32. The number of fused-ring (bicyclic) bond motifs is 1. The van der Waals surface area contributed by atoms with Gasteiger partial charge in [-0.1, -0.05) is 31.2 Å². The number of hydrogen-bond acceptors (Lipinski definition) is 2. The van der Waals surface area contributed by atoms with E-state index in [1.54, 1.807) is 0 Å². The molecule has 0 spiro atoms. The van der Waals surface area contributed by atoms with Gasteiger partial charge in [0, 0.05) is 23.1 Å². The number of hydrogen-bond donors (Lipinski definition) is 1. The molecule has 1 N–H and O–H groups in total. The average molecular weight is 432 g/mol. The summed E-state index contributed by atoms with van der Waals surface area (Å²) in [5, 5.41) is 3.14. The second kappa shape index (κ2) is 10.0. The zero-order valence-electron chi connectivity index (χ0n) is 19.9. The van der Waals surface area contributed by atoms with Crippen molar-refractivity contribution in [3.63, 3.8) is 0 Å². The van der Waals surface area contributed by atoms with Crippen LogP contribution in [0, 0.1) is 31.6 Å². The summed E-state index contributed by atoms with van der Waals surface area (Å²) in [5.41, 5.74) is 6.95. The van der Waals surface area contributed by atoms with Gasteiger partial charge < -0.3 is 5.32 Å². The smallest absolute Gasteiger partial charge is 0.227 e. The van der Waals surface area contributed by atoms with Gasteiger partial charge in [0.1, 0.15) is 0 Å². The lowest BCUT2D eigenvalue weighted by Gasteiger charge is -2.30. The van der Waals surface area contributed by atoms with Crippen LogP contribution in [0.25, 0.3) is 0 Å². The van der Waals surface area contributed by atoms with E-state index in [0.29, 0.717) is 11.7 Å². The Balaban J connectivity index is 1.31. The van der Waals surface area contributed by atoms with Crippen LogP contribution in [0.3, 0.4) is 0 Å². The third-order valence-corrected chi connectivity index (χ3v) is 7.85. The van der Waals surface area contributed by atoms with Gasteiger partial charge in [-0.3, -0.25) is 9.59 Å². The highest BCUT2D eigenvalue weighted by Crippen LogP contribution is 2.37. The number of amides is 1. The zero-order valence-corrected chi connectivity index (χ0v) is 19.9. The summed E-state index contributed by atoms with van der Waals surface area (Å²) in [4.78, 5) is 26.1. The van der Waals surface area contributed by atoms with E-state index in [2.05, 4.69) is 44.3 Å². The van der Waals surface area contributed by atoms with Crippen LogP contribution in [0.1, 0.15) is 84.5 Å². The highest BCUT2D eigenvalue weighted by atomic mass is 16.2. The largest absolute Gasteiger partial charge is 0.326 e. The minimum atomic E-state index is 0.0885. The van der Waals surface area contributed by atoms with E-state index in [-0.39, 0.29) is 17.7 Å². The number of nitrogens with one attached hydrogen (secondary N) is 1. The predicted octanol–water partition coefficient (Wildman–Crippen LogP) is 6.84. The fraction of sp³-hybridized carbons (Fsp3) is 0.517. The lowest BCUT2D eigenvalue weighted by atomic mass is 9.76. The van der Waals surface area contributed by atoms with Crippen molar-refractivity contribution in [1.82, 2.24) is 0 Å². The fourth-order valence-electron chi connectivity index (χ4n) is 5.84. The monoisotopic (exact) mass is 431 g/mol. The predicted molar refractivity (Wildman–Crippen MR) is 131 cm³/mol. The Morgan fingerprint density at radius 3 is 2.50 bits per heavy atom. The second-order valence-electron chi connectivity index (χ2n) is 9.99. The first-order chi connectivity index (χ1) is 15.5. The Labute approximate surface area is 193 Å². The van der Waals surface area contributed by atoms with Crippen LogP contribution in [0.5, 0.6) is 0 Å². The first kappa shape index (κ1) is 22.8. The second-order valence-corrected chi connectivity index (χ2v) is 9.99. The SMILES string of the molecule is CCc1ccc(NC(=O)C2CCC(CC3CCCc4c(C)cccc4C3=O)CC2)cc1C. The Kier molecular flexibility index (Phi) is 7.13. The summed E-state index contributed by atoms with van der Waals surface area (Å²) in [6.07, 6.45) is 9.08. The van der Waals surface area contributed by atoms with Gasteiger partial charge in [-0.25, -0.2) is 0 Å². The maximum Gasteiger partial charge on any atom is 0.227 e. The molecule has 1 unspecified atom stereocenters. The molecule has 2 aliphatic rings. The molecule has 2 aromatic rings. The van der Waals surface area contributed by atoms with Gasteiger partial charge in [0.05, 0.1) is 0 Å². The summed E-state index contributed by atoms with van der Waals surface area (Å²) in [6.45, 7) is 6.38. The maximum absolute atomic E-state index is 13.2. The summed E-state index contributed by atoms with van der Waals surface area (Å²) in [6, 6.07) is 12.4. The molecule has 0 aromatic heterocycles. The van der Waals surface area contributed by atoms with Gasteiger partial charge in [-0.2, -0.15) is 0 Å². The summed E-state index contributed by atoms with van der Waals surface area (Å²) in [7, 11) is 0. The Hall–Kier alpha value is -2.42. The molecule has 4 rings (SSSR count). The number of benzene rings is 2. The first-order valence-electron chi connectivity index (χ1n) is 12.5. The molecule has 3 nitrogen and oxygen atoms in total. The average Bonchev–Trinajstić information content (AvgIpc) is 2.94. The maximum atomic E-state index is 13.2. The van der Waals surface area contributed by atoms with Gasteiger partial charge in [-0.15, -0.1) is 0 Å². The topological polar surface area (TPSA) is 46.2 Å². The van der Waals surface area contributed by atoms with Crippen molar-refractivity contribution in [2.24, 2.45) is 17.8 Å². The highest BCUT2D eigenvalue weighted by molar-refractivity contribution is 5.99. The number of anilines is 1. The normalized spacial score (nSPS) is 23.3. The van der Waals surface area contributed by atoms with Crippen molar-refractivity contribution in [3.05, 3.63) is 64.2 Å². The molecule has 0 saturated heterocycles. The van der Waals surface area contributed by atoms with Crippen molar-refractivity contribution in [3.8, 4) is 0 Å². The van der Waals surface area contributed by atoms with E-state index >= 15 is 0 Å². The molecule has 1 fully saturated rings. The van der Waals surface area contributed by atoms with Crippen LogP contribution in [-0.4, -0.2) is 11.7 Å². The Morgan fingerprint density at radius 1 is 1.00 bits per heavy atom. The molecular weight excluding hydrogens is 394 g/mol. The number of aryl methyl sites for hydroxylation is 3. The molecule has 2 aromatic carbocycles. The fourth-order valence-corrected chi connectivity index (χ4v) is 5.84. The number of ketones is 1. The van der Waals surface area contributed by atoms with Crippen LogP contribution in [0.15, 0.2) is 36.4 Å². The molecule has 0 radical (unpaired) electrons. The molecule has 0 aliphatic heterocycles. The van der Waals surface area contributed by atoms with Crippen LogP contribution in [-0.2, 0) is 17.6 Å². The molecule has 1 saturated carbocycles. The molecule has 0 bridgehead atoms. The molecule has 170 valence electrons. The van der Waals surface area contributed by atoms with Crippen molar-refractivity contribution < 1.29 is 9.59 Å². The number of rotatable bonds is 5. The van der Waals surface area contributed by atoms with E-state index in [1.165, 1.54) is 22.3 Å². The molecular formula is C29H37NO2. The van der Waals surface area contributed by atoms with E-state index in [0.717, 1.165) is 69.0 Å². The number of carbonyl (C=O) groups excluding carboxylic acids is 2. The standard InChI is InChI=1S/C29H37NO2/c1-4-22-15-16-25(17-20(22)3)30-29(32)23-13-11-21(12-14-23)18-24-8-6-9-26-19(2)7-5-10-27(26)28(24)31/h5,7,10,15-17,21,23-24H,4,6,8-9,11-14,18H2,1-3H3,(H,30,32). The molecule has 2 aliphatic carbocycles. The van der Waals surface area contributed by atoms with E-state index < -0.39 is 0 Å². The van der Waals surface area contributed by atoms with Gasteiger partial charge in [-0.05, 0) is 112 Å². The van der Waals surface area contributed by atoms with Gasteiger partial charge >= 0.3 is 0 Å². The third kappa shape index (κ3) is 4.98. The van der Waals surface area contributed by atoms with Gasteiger partial charge in [0.25, 0.3) is 0 Å². The minimum absolute atomic E-state index is 0.0885. The van der Waals surface area contributed by atoms with Crippen LogP contribution in [0.2, 0.25) is 0 Å². The third-order valence-electron chi connectivity index (χ3n) is 7.85. The quantitative estimate of drug-likeness (QED) is 0.527. The molecule has 32 heavy (non-hydrogen) atoms. The molecule has 0 heterocycles. The number of carbonyl (C=O) groups is 2. The van der Waals surface area contributed by atoms with E-state index in [1.807, 2.05) is 18.2 Å². The van der Waals surface area contributed by atoms with Gasteiger partial charge in [0.2, 0.25) is 5.91 Å². The summed E-state index contributed by atoms with van der Waals surface area (Å²) < 4.78 is 0. The van der Waals surface area contributed by atoms with Crippen molar-refractivity contribution in [1.29, 1.82) is 0 Å². The molecule has 1 atom stereocenters. The van der Waals surface area contributed by atoms with E-state index in [9.17, 15) is 9.59 Å². The Morgan fingerprint density at radius 2 is 1.78 bits per heavy atom. The minimum Gasteiger partial charge on any atom is -0.326 e. The summed E-state index contributed by atoms with van der Waals surface area (Å²) >= 11 is 0. The van der Waals surface area contributed by atoms with Crippen LogP contribution < -0.4 is 5.32 Å². The van der Waals surface area contributed by atoms with Crippen LogP contribution >= 0.6 is 0 Å². The first-order valence-corrected chi connectivity index (χ1v) is 12.5. The lowest BCUT2D eigenvalue weighted by Crippen LogP contribution is -2.28. The van der Waals surface area contributed by atoms with Crippen molar-refractivity contribution in [2.45, 2.75) is 78.6 Å². The number of Topliss-reactive ketones (excluding diaryl/α,β-unsaturated/α-hetero) is 1. The zero-order chi connectivity index (χ0) is 22.7. The molecule has 1 amide bonds.